The summed E-state index contributed by atoms with van der Waals surface area (Å²) in [5.41, 5.74) is 9.23. The number of nitrogens with two attached hydrogens (primary N) is 1. The van der Waals surface area contributed by atoms with Gasteiger partial charge in [-0.15, -0.1) is 0 Å². The van der Waals surface area contributed by atoms with Crippen molar-refractivity contribution < 1.29 is 9.85 Å². The molecule has 1 aliphatic carbocycles. The van der Waals surface area contributed by atoms with Crippen molar-refractivity contribution in [3.63, 3.8) is 0 Å². The summed E-state index contributed by atoms with van der Waals surface area (Å²) in [5.74, 6) is -0.561. The third-order valence-corrected chi connectivity index (χ3v) is 5.04. The molecule has 0 amide bonds. The fourth-order valence-electron chi connectivity index (χ4n) is 3.10. The molecule has 1 unspecified atom stereocenters. The van der Waals surface area contributed by atoms with E-state index in [0.29, 0.717) is 26.8 Å². The summed E-state index contributed by atoms with van der Waals surface area (Å²) >= 11 is 17.1. The summed E-state index contributed by atoms with van der Waals surface area (Å²) in [7, 11) is 0. The maximum Gasteiger partial charge on any atom is 0.280 e. The third-order valence-electron chi connectivity index (χ3n) is 4.40. The first-order chi connectivity index (χ1) is 14.7. The van der Waals surface area contributed by atoms with E-state index >= 15 is 0 Å². The average Bonchev–Trinajstić information content (AvgIpc) is 3.10. The average molecular weight is 478 g/mol. The van der Waals surface area contributed by atoms with Gasteiger partial charge >= 0.3 is 0 Å². The predicted molar refractivity (Wildman–Crippen MR) is 123 cm³/mol. The molecule has 0 heterocycles. The highest BCUT2D eigenvalue weighted by molar-refractivity contribution is 7.80. The zero-order valence-electron chi connectivity index (χ0n) is 15.5. The summed E-state index contributed by atoms with van der Waals surface area (Å²) in [4.78, 5) is 21.3. The topological polar surface area (TPSA) is 137 Å². The molecule has 3 rings (SSSR count). The summed E-state index contributed by atoms with van der Waals surface area (Å²) < 4.78 is 0. The summed E-state index contributed by atoms with van der Waals surface area (Å²) in [5, 5.41) is 27.3. The Bertz CT molecular complexity index is 1200. The number of allylic oxidation sites excluding steroid dienone is 4. The SMILES string of the molecule is NC(=S)N/N=C/C1=CC(c2ccc([N+](=O)[O-])cc2[N+](=O)[O-])C=C1c1ccc(Cl)cc1Cl. The molecule has 0 fully saturated rings. The van der Waals surface area contributed by atoms with Gasteiger partial charge in [0.15, 0.2) is 5.11 Å². The number of non-ortho nitro benzene ring substituents is 1. The Morgan fingerprint density at radius 1 is 1.13 bits per heavy atom. The second kappa shape index (κ2) is 9.21. The lowest BCUT2D eigenvalue weighted by atomic mass is 9.97. The van der Waals surface area contributed by atoms with E-state index in [4.69, 9.17) is 41.2 Å². The fraction of sp³-hybridized carbons (Fsp3) is 0.0526. The molecular weight excluding hydrogens is 465 g/mol. The zero-order chi connectivity index (χ0) is 22.7. The first kappa shape index (κ1) is 22.3. The van der Waals surface area contributed by atoms with Crippen LogP contribution in [0, 0.1) is 20.2 Å². The van der Waals surface area contributed by atoms with Gasteiger partial charge in [-0.2, -0.15) is 5.10 Å². The summed E-state index contributed by atoms with van der Waals surface area (Å²) in [6.07, 6.45) is 4.93. The van der Waals surface area contributed by atoms with Crippen LogP contribution in [0.15, 0.2) is 59.2 Å². The lowest BCUT2D eigenvalue weighted by Crippen LogP contribution is -2.24. The molecule has 9 nitrogen and oxygen atoms in total. The van der Waals surface area contributed by atoms with Crippen molar-refractivity contribution in [3.05, 3.63) is 95.5 Å². The van der Waals surface area contributed by atoms with Gasteiger partial charge in [-0.05, 0) is 41.6 Å². The van der Waals surface area contributed by atoms with Gasteiger partial charge in [-0.25, -0.2) is 0 Å². The molecular formula is C19H13Cl2N5O4S. The van der Waals surface area contributed by atoms with Crippen LogP contribution >= 0.6 is 35.4 Å². The highest BCUT2D eigenvalue weighted by Gasteiger charge is 2.28. The second-order valence-corrected chi connectivity index (χ2v) is 7.63. The summed E-state index contributed by atoms with van der Waals surface area (Å²) in [6.45, 7) is 0. The van der Waals surface area contributed by atoms with Gasteiger partial charge in [0.05, 0.1) is 22.1 Å². The van der Waals surface area contributed by atoms with Crippen LogP contribution < -0.4 is 11.2 Å². The Kier molecular flexibility index (Phi) is 6.64. The minimum Gasteiger partial charge on any atom is -0.375 e. The molecule has 2 aromatic carbocycles. The number of rotatable bonds is 6. The maximum atomic E-state index is 11.6. The molecule has 2 aromatic rings. The quantitative estimate of drug-likeness (QED) is 0.265. The number of halogens is 2. The number of hydrazone groups is 1. The van der Waals surface area contributed by atoms with Crippen molar-refractivity contribution in [2.45, 2.75) is 5.92 Å². The first-order valence-electron chi connectivity index (χ1n) is 8.58. The minimum atomic E-state index is -0.685. The Balaban J connectivity index is 2.12. The van der Waals surface area contributed by atoms with Gasteiger partial charge < -0.3 is 5.73 Å². The van der Waals surface area contributed by atoms with Gasteiger partial charge in [0, 0.05) is 33.2 Å². The van der Waals surface area contributed by atoms with Crippen LogP contribution in [0.2, 0.25) is 10.0 Å². The minimum absolute atomic E-state index is 0.0348. The molecule has 1 atom stereocenters. The molecule has 0 aliphatic heterocycles. The highest BCUT2D eigenvalue weighted by Crippen LogP contribution is 2.42. The number of benzene rings is 2. The molecule has 158 valence electrons. The smallest absolute Gasteiger partial charge is 0.280 e. The van der Waals surface area contributed by atoms with E-state index in [1.807, 2.05) is 0 Å². The number of nitrogens with zero attached hydrogens (tertiary/aromatic N) is 3. The van der Waals surface area contributed by atoms with Crippen LogP contribution in [0.3, 0.4) is 0 Å². The van der Waals surface area contributed by atoms with Crippen molar-refractivity contribution in [2.24, 2.45) is 10.8 Å². The Hall–Kier alpha value is -3.34. The number of nitro benzene ring substituents is 2. The van der Waals surface area contributed by atoms with Crippen molar-refractivity contribution in [1.82, 2.24) is 5.43 Å². The zero-order valence-corrected chi connectivity index (χ0v) is 17.8. The van der Waals surface area contributed by atoms with Gasteiger partial charge in [0.2, 0.25) is 0 Å². The molecule has 12 heteroatoms. The lowest BCUT2D eigenvalue weighted by molar-refractivity contribution is -0.394. The van der Waals surface area contributed by atoms with Crippen LogP contribution in [0.25, 0.3) is 5.57 Å². The van der Waals surface area contributed by atoms with Crippen LogP contribution in [0.4, 0.5) is 11.4 Å². The monoisotopic (exact) mass is 477 g/mol. The van der Waals surface area contributed by atoms with E-state index in [9.17, 15) is 20.2 Å². The first-order valence-corrected chi connectivity index (χ1v) is 9.74. The Morgan fingerprint density at radius 3 is 2.48 bits per heavy atom. The van der Waals surface area contributed by atoms with Crippen LogP contribution in [-0.2, 0) is 0 Å². The molecule has 0 aromatic heterocycles. The van der Waals surface area contributed by atoms with E-state index < -0.39 is 15.8 Å². The molecule has 0 spiro atoms. The molecule has 1 aliphatic rings. The van der Waals surface area contributed by atoms with Crippen molar-refractivity contribution in [1.29, 1.82) is 0 Å². The number of hydrogen-bond acceptors (Lipinski definition) is 6. The normalized spacial score (nSPS) is 15.5. The van der Waals surface area contributed by atoms with Crippen LogP contribution in [-0.4, -0.2) is 21.2 Å². The molecule has 0 saturated heterocycles. The Labute approximate surface area is 191 Å². The van der Waals surface area contributed by atoms with Crippen LogP contribution in [0.5, 0.6) is 0 Å². The molecule has 0 saturated carbocycles. The predicted octanol–water partition coefficient (Wildman–Crippen LogP) is 4.74. The fourth-order valence-corrected chi connectivity index (χ4v) is 3.67. The largest absolute Gasteiger partial charge is 0.375 e. The summed E-state index contributed by atoms with van der Waals surface area (Å²) in [6, 6.07) is 8.47. The van der Waals surface area contributed by atoms with E-state index in [0.717, 1.165) is 6.07 Å². The van der Waals surface area contributed by atoms with Gasteiger partial charge in [-0.1, -0.05) is 41.4 Å². The van der Waals surface area contributed by atoms with Crippen molar-refractivity contribution in [3.8, 4) is 0 Å². The van der Waals surface area contributed by atoms with Crippen molar-refractivity contribution >= 4 is 63.7 Å². The van der Waals surface area contributed by atoms with E-state index in [1.165, 1.54) is 18.3 Å². The third kappa shape index (κ3) is 5.05. The van der Waals surface area contributed by atoms with Gasteiger partial charge in [-0.3, -0.25) is 25.7 Å². The van der Waals surface area contributed by atoms with E-state index in [1.54, 1.807) is 30.4 Å². The van der Waals surface area contributed by atoms with Crippen LogP contribution in [0.1, 0.15) is 17.0 Å². The van der Waals surface area contributed by atoms with Crippen molar-refractivity contribution in [2.75, 3.05) is 0 Å². The number of nitrogens with one attached hydrogen (secondary N) is 1. The second-order valence-electron chi connectivity index (χ2n) is 6.34. The number of nitro groups is 2. The highest BCUT2D eigenvalue weighted by atomic mass is 35.5. The number of thiocarbonyl (C=S) groups is 1. The standard InChI is InChI=1S/C19H13Cl2N5O4S/c20-12-1-3-15(17(21)7-12)16-6-10(5-11(16)9-23-24-19(22)31)14-4-2-13(25(27)28)8-18(14)26(29)30/h1-10H,(H3,22,24,31)/b23-9+. The Morgan fingerprint density at radius 2 is 1.87 bits per heavy atom. The maximum absolute atomic E-state index is 11.6. The van der Waals surface area contributed by atoms with Gasteiger partial charge in [0.25, 0.3) is 11.4 Å². The number of hydrogen-bond donors (Lipinski definition) is 2. The van der Waals surface area contributed by atoms with E-state index in [-0.39, 0.29) is 22.1 Å². The molecule has 0 radical (unpaired) electrons. The lowest BCUT2D eigenvalue weighted by Gasteiger charge is -2.08. The van der Waals surface area contributed by atoms with E-state index in [2.05, 4.69) is 10.5 Å². The molecule has 31 heavy (non-hydrogen) atoms. The molecule has 3 N–H and O–H groups in total. The van der Waals surface area contributed by atoms with Gasteiger partial charge in [0.1, 0.15) is 0 Å². The molecule has 0 bridgehead atoms.